The predicted octanol–water partition coefficient (Wildman–Crippen LogP) is 9.39. The van der Waals surface area contributed by atoms with Crippen LogP contribution in [0.4, 0.5) is 23.3 Å². The van der Waals surface area contributed by atoms with Gasteiger partial charge in [0.25, 0.3) is 0 Å². The van der Waals surface area contributed by atoms with E-state index in [9.17, 15) is 0 Å². The molecule has 2 saturated carbocycles. The molecule has 0 spiro atoms. The molecule has 6 aromatic rings. The molecule has 60 heavy (non-hydrogen) atoms. The summed E-state index contributed by atoms with van der Waals surface area (Å²) in [5.41, 5.74) is 5.48. The molecule has 4 aromatic heterocycles. The smallest absolute Gasteiger partial charge is 0.399 e. The maximum atomic E-state index is 8.75. The number of aromatic nitrogens is 8. The van der Waals surface area contributed by atoms with Crippen LogP contribution < -0.4 is 16.1 Å². The van der Waals surface area contributed by atoms with Crippen molar-refractivity contribution in [1.82, 2.24) is 40.3 Å². The third kappa shape index (κ3) is 10.8. The summed E-state index contributed by atoms with van der Waals surface area (Å²) in [6, 6.07) is 23.7. The molecule has 3 aliphatic rings. The first-order valence-corrected chi connectivity index (χ1v) is 20.6. The standard InChI is InChI=1S/C18H15ClN6.C14H18BNO2.C10H9Cl2N5/c19-14-10-21-17(13-3-1-11(2-4-13)7-8-20)23-18(14)22-16-9-15(24-25-16)12-5-6-12;1-13(2)14(3,4)18-15(17-13)12-7-5-11(6-8-12)9-10-16;11-6-4-13-10(12)15-9(6)14-8-3-7(16-17-8)5-1-2-5/h1-4,9-10,12H,5-7H2,(H2,21,22,23,24,25);5-8H,9H2,1-4H3;3-5H,1-2H2,(H2,13,14,15,16,17). The molecule has 0 radical (unpaired) electrons. The summed E-state index contributed by atoms with van der Waals surface area (Å²) in [4.78, 5) is 16.6. The van der Waals surface area contributed by atoms with Crippen LogP contribution >= 0.6 is 34.8 Å². The molecule has 5 heterocycles. The number of nitrogens with zero attached hydrogens (tertiary/aromatic N) is 8. The minimum absolute atomic E-state index is 0.148. The summed E-state index contributed by atoms with van der Waals surface area (Å²) in [7, 11) is -0.328. The number of nitriles is 2. The fourth-order valence-corrected chi connectivity index (χ4v) is 6.41. The maximum absolute atomic E-state index is 8.75. The van der Waals surface area contributed by atoms with Gasteiger partial charge >= 0.3 is 7.12 Å². The Morgan fingerprint density at radius 3 is 1.65 bits per heavy atom. The molecule has 18 heteroatoms. The van der Waals surface area contributed by atoms with Crippen LogP contribution in [-0.4, -0.2) is 58.7 Å². The van der Waals surface area contributed by atoms with Crippen molar-refractivity contribution >= 4 is 70.7 Å². The van der Waals surface area contributed by atoms with Gasteiger partial charge in [-0.3, -0.25) is 10.2 Å². The van der Waals surface area contributed by atoms with Gasteiger partial charge in [0.15, 0.2) is 29.1 Å². The maximum Gasteiger partial charge on any atom is 0.494 e. The number of nitrogens with one attached hydrogen (secondary N) is 4. The van der Waals surface area contributed by atoms with E-state index in [4.69, 9.17) is 54.6 Å². The summed E-state index contributed by atoms with van der Waals surface area (Å²) in [5.74, 6) is 4.14. The molecular weight excluding hydrogens is 822 g/mol. The lowest BCUT2D eigenvalue weighted by Gasteiger charge is -2.32. The Kier molecular flexibility index (Phi) is 13.0. The van der Waals surface area contributed by atoms with E-state index in [0.29, 0.717) is 63.8 Å². The van der Waals surface area contributed by atoms with E-state index >= 15 is 0 Å². The Hall–Kier alpha value is -5.55. The first-order valence-electron chi connectivity index (χ1n) is 19.4. The highest BCUT2D eigenvalue weighted by Crippen LogP contribution is 2.41. The summed E-state index contributed by atoms with van der Waals surface area (Å²) >= 11 is 17.9. The van der Waals surface area contributed by atoms with Crippen molar-refractivity contribution in [2.45, 2.75) is 89.3 Å². The summed E-state index contributed by atoms with van der Waals surface area (Å²) < 4.78 is 11.9. The van der Waals surface area contributed by atoms with Crippen molar-refractivity contribution in [3.8, 4) is 23.5 Å². The monoisotopic (exact) mass is 862 g/mol. The summed E-state index contributed by atoms with van der Waals surface area (Å²) in [6.45, 7) is 8.15. The normalized spacial score (nSPS) is 16.1. The zero-order valence-electron chi connectivity index (χ0n) is 33.4. The first-order chi connectivity index (χ1) is 28.8. The predicted molar refractivity (Wildman–Crippen MR) is 233 cm³/mol. The van der Waals surface area contributed by atoms with Gasteiger partial charge in [0.2, 0.25) is 5.28 Å². The molecule has 0 bridgehead atoms. The van der Waals surface area contributed by atoms with Gasteiger partial charge < -0.3 is 19.9 Å². The average Bonchev–Trinajstić information content (AvgIpc) is 4.15. The van der Waals surface area contributed by atoms with Gasteiger partial charge in [-0.05, 0) is 81.6 Å². The van der Waals surface area contributed by atoms with Gasteiger partial charge in [-0.1, -0.05) is 71.7 Å². The third-order valence-electron chi connectivity index (χ3n) is 10.5. The van der Waals surface area contributed by atoms with E-state index in [2.05, 4.69) is 63.1 Å². The van der Waals surface area contributed by atoms with Crippen LogP contribution in [0.5, 0.6) is 0 Å². The Morgan fingerprint density at radius 2 is 1.17 bits per heavy atom. The molecule has 2 aromatic carbocycles. The molecule has 306 valence electrons. The first kappa shape index (κ1) is 42.6. The molecule has 4 N–H and O–H groups in total. The van der Waals surface area contributed by atoms with Gasteiger partial charge in [0.1, 0.15) is 10.0 Å². The number of halogens is 3. The zero-order chi connectivity index (χ0) is 42.4. The second-order valence-electron chi connectivity index (χ2n) is 15.6. The SMILES string of the molecule is CC1(C)OB(c2ccc(CC#N)cc2)OC1(C)C.Clc1ncc(Cl)c(Nc2cc(C3CC3)[nH]n2)n1.N#CCc1ccc(-c2ncc(Cl)c(Nc3cc(C4CC4)[nH]n3)n2)cc1. The molecule has 0 unspecified atom stereocenters. The van der Waals surface area contributed by atoms with E-state index < -0.39 is 0 Å². The van der Waals surface area contributed by atoms with E-state index in [1.165, 1.54) is 31.9 Å². The van der Waals surface area contributed by atoms with Crippen molar-refractivity contribution in [3.05, 3.63) is 111 Å². The number of anilines is 4. The Balaban J connectivity index is 0.000000140. The molecule has 0 amide bonds. The van der Waals surface area contributed by atoms with E-state index in [-0.39, 0.29) is 23.6 Å². The van der Waals surface area contributed by atoms with E-state index in [1.54, 1.807) is 6.20 Å². The van der Waals surface area contributed by atoms with Crippen LogP contribution in [0.2, 0.25) is 15.3 Å². The lowest BCUT2D eigenvalue weighted by atomic mass is 9.79. The Bertz CT molecular complexity index is 2490. The van der Waals surface area contributed by atoms with Crippen LogP contribution in [0.3, 0.4) is 0 Å². The second kappa shape index (κ2) is 18.4. The van der Waals surface area contributed by atoms with Crippen molar-refractivity contribution in [2.24, 2.45) is 0 Å². The van der Waals surface area contributed by atoms with Crippen molar-refractivity contribution in [3.63, 3.8) is 0 Å². The minimum Gasteiger partial charge on any atom is -0.399 e. The highest BCUT2D eigenvalue weighted by Gasteiger charge is 2.51. The summed E-state index contributed by atoms with van der Waals surface area (Å²) in [5, 5.41) is 39.0. The lowest BCUT2D eigenvalue weighted by molar-refractivity contribution is 0.00578. The zero-order valence-corrected chi connectivity index (χ0v) is 35.7. The third-order valence-corrected chi connectivity index (χ3v) is 11.2. The van der Waals surface area contributed by atoms with Gasteiger partial charge in [-0.2, -0.15) is 25.7 Å². The fraction of sp³-hybridized carbons (Fsp3) is 0.333. The van der Waals surface area contributed by atoms with Gasteiger partial charge in [0.05, 0.1) is 48.6 Å². The Labute approximate surface area is 363 Å². The van der Waals surface area contributed by atoms with Gasteiger partial charge in [0, 0.05) is 40.9 Å². The molecule has 9 rings (SSSR count). The molecule has 1 saturated heterocycles. The number of hydrogen-bond donors (Lipinski definition) is 4. The number of rotatable bonds is 10. The van der Waals surface area contributed by atoms with Gasteiger partial charge in [-0.15, -0.1) is 0 Å². The highest BCUT2D eigenvalue weighted by atomic mass is 35.5. The van der Waals surface area contributed by atoms with Crippen LogP contribution in [0.1, 0.15) is 87.7 Å². The number of benzene rings is 2. The van der Waals surface area contributed by atoms with Crippen LogP contribution in [0.15, 0.2) is 73.1 Å². The highest BCUT2D eigenvalue weighted by molar-refractivity contribution is 6.62. The number of hydrogen-bond acceptors (Lipinski definition) is 12. The lowest BCUT2D eigenvalue weighted by Crippen LogP contribution is -2.41. The average molecular weight is 864 g/mol. The van der Waals surface area contributed by atoms with Gasteiger partial charge in [-0.25, -0.2) is 15.0 Å². The molecule has 0 atom stereocenters. The van der Waals surface area contributed by atoms with Crippen LogP contribution in [0.25, 0.3) is 11.4 Å². The largest absolute Gasteiger partial charge is 0.494 e. The van der Waals surface area contributed by atoms with Crippen molar-refractivity contribution < 1.29 is 9.31 Å². The van der Waals surface area contributed by atoms with Crippen molar-refractivity contribution in [1.29, 1.82) is 10.5 Å². The molecule has 1 aliphatic heterocycles. The summed E-state index contributed by atoms with van der Waals surface area (Å²) in [6.07, 6.45) is 8.71. The van der Waals surface area contributed by atoms with Crippen LogP contribution in [0, 0.1) is 22.7 Å². The number of H-pyrrole nitrogens is 2. The Morgan fingerprint density at radius 1 is 0.700 bits per heavy atom. The second-order valence-corrected chi connectivity index (χ2v) is 16.8. The minimum atomic E-state index is -0.328. The molecule has 3 fully saturated rings. The molecule has 2 aliphatic carbocycles. The van der Waals surface area contributed by atoms with Crippen LogP contribution in [-0.2, 0) is 22.2 Å². The topological polar surface area (TPSA) is 199 Å². The van der Waals surface area contributed by atoms with E-state index in [1.807, 2.05) is 88.4 Å². The molecule has 14 nitrogen and oxygen atoms in total. The molecular formula is C42H42BCl3N12O2. The van der Waals surface area contributed by atoms with E-state index in [0.717, 1.165) is 33.5 Å². The fourth-order valence-electron chi connectivity index (χ4n) is 6.00. The number of aromatic amines is 2. The quantitative estimate of drug-likeness (QED) is 0.0753. The van der Waals surface area contributed by atoms with Crippen molar-refractivity contribution in [2.75, 3.05) is 10.6 Å².